The summed E-state index contributed by atoms with van der Waals surface area (Å²) in [5.74, 6) is 0.357. The monoisotopic (exact) mass is 350 g/mol. The number of amides is 1. The van der Waals surface area contributed by atoms with E-state index >= 15 is 0 Å². The molecule has 0 saturated carbocycles. The lowest BCUT2D eigenvalue weighted by Gasteiger charge is -2.25. The fraction of sp³-hybridized carbons (Fsp3) is 0.389. The minimum absolute atomic E-state index is 0. The van der Waals surface area contributed by atoms with E-state index in [2.05, 4.69) is 52.4 Å². The van der Waals surface area contributed by atoms with Crippen molar-refractivity contribution in [3.8, 4) is 0 Å². The van der Waals surface area contributed by atoms with Gasteiger partial charge in [-0.2, -0.15) is 0 Å². The molecule has 1 fully saturated rings. The van der Waals surface area contributed by atoms with E-state index < -0.39 is 0 Å². The summed E-state index contributed by atoms with van der Waals surface area (Å²) in [6, 6.07) is 14.6. The van der Waals surface area contributed by atoms with Crippen molar-refractivity contribution in [1.29, 1.82) is 0 Å². The molecule has 1 atom stereocenters. The number of piperidine rings is 1. The van der Waals surface area contributed by atoms with Crippen LogP contribution < -0.4 is 10.6 Å². The maximum Gasteiger partial charge on any atom is 0.223 e. The van der Waals surface area contributed by atoms with Gasteiger partial charge in [-0.15, -0.1) is 23.7 Å². The van der Waals surface area contributed by atoms with E-state index in [1.807, 2.05) is 6.07 Å². The van der Waals surface area contributed by atoms with Gasteiger partial charge in [0.05, 0.1) is 6.04 Å². The lowest BCUT2D eigenvalue weighted by atomic mass is 9.96. The molecule has 124 valence electrons. The number of benzene rings is 1. The molecule has 1 aromatic carbocycles. The molecule has 0 bridgehead atoms. The van der Waals surface area contributed by atoms with Crippen molar-refractivity contribution in [2.24, 2.45) is 5.92 Å². The zero-order valence-electron chi connectivity index (χ0n) is 13.0. The highest BCUT2D eigenvalue weighted by Gasteiger charge is 2.24. The smallest absolute Gasteiger partial charge is 0.223 e. The van der Waals surface area contributed by atoms with Gasteiger partial charge in [0.15, 0.2) is 0 Å². The van der Waals surface area contributed by atoms with Crippen LogP contribution in [0.4, 0.5) is 0 Å². The Hall–Kier alpha value is -1.36. The third-order valence-electron chi connectivity index (χ3n) is 4.20. The highest BCUT2D eigenvalue weighted by molar-refractivity contribution is 7.10. The fourth-order valence-electron chi connectivity index (χ4n) is 2.94. The molecule has 1 saturated heterocycles. The third-order valence-corrected chi connectivity index (χ3v) is 5.18. The van der Waals surface area contributed by atoms with Crippen LogP contribution in [0, 0.1) is 5.92 Å². The van der Waals surface area contributed by atoms with E-state index in [0.29, 0.717) is 0 Å². The predicted octanol–water partition coefficient (Wildman–Crippen LogP) is 3.57. The zero-order chi connectivity index (χ0) is 15.2. The molecule has 5 heteroatoms. The summed E-state index contributed by atoms with van der Waals surface area (Å²) < 4.78 is 0. The highest BCUT2D eigenvalue weighted by atomic mass is 35.5. The summed E-state index contributed by atoms with van der Waals surface area (Å²) >= 11 is 1.71. The number of hydrogen-bond donors (Lipinski definition) is 2. The number of carbonyl (C=O) groups excluding carboxylic acids is 1. The van der Waals surface area contributed by atoms with Crippen LogP contribution in [0.15, 0.2) is 47.8 Å². The van der Waals surface area contributed by atoms with Crippen LogP contribution in [0.3, 0.4) is 0 Å². The van der Waals surface area contributed by atoms with Gasteiger partial charge in [0.2, 0.25) is 5.91 Å². The summed E-state index contributed by atoms with van der Waals surface area (Å²) in [5.41, 5.74) is 1.26. The van der Waals surface area contributed by atoms with Crippen molar-refractivity contribution in [2.75, 3.05) is 13.1 Å². The molecule has 0 radical (unpaired) electrons. The van der Waals surface area contributed by atoms with Crippen LogP contribution in [-0.4, -0.2) is 19.0 Å². The Morgan fingerprint density at radius 2 is 1.91 bits per heavy atom. The molecule has 2 N–H and O–H groups in total. The number of carbonyl (C=O) groups is 1. The minimum atomic E-state index is 0. The Morgan fingerprint density at radius 1 is 1.17 bits per heavy atom. The molecule has 1 unspecified atom stereocenters. The minimum Gasteiger partial charge on any atom is -0.348 e. The third kappa shape index (κ3) is 5.06. The van der Waals surface area contributed by atoms with Gasteiger partial charge in [-0.05, 0) is 49.4 Å². The van der Waals surface area contributed by atoms with Crippen molar-refractivity contribution < 1.29 is 4.79 Å². The number of nitrogens with one attached hydrogen (secondary N) is 2. The molecule has 2 heterocycles. The van der Waals surface area contributed by atoms with Crippen LogP contribution in [0.1, 0.15) is 29.3 Å². The summed E-state index contributed by atoms with van der Waals surface area (Å²) in [6.07, 6.45) is 2.72. The molecular formula is C18H23ClN2OS. The van der Waals surface area contributed by atoms with Gasteiger partial charge < -0.3 is 10.6 Å². The first-order valence-electron chi connectivity index (χ1n) is 7.91. The Labute approximate surface area is 147 Å². The molecule has 3 rings (SSSR count). The molecule has 1 aliphatic heterocycles. The first kappa shape index (κ1) is 18.0. The van der Waals surface area contributed by atoms with E-state index in [4.69, 9.17) is 0 Å². The summed E-state index contributed by atoms with van der Waals surface area (Å²) in [5, 5.41) is 8.67. The van der Waals surface area contributed by atoms with E-state index in [1.165, 1.54) is 10.4 Å². The molecule has 2 aromatic rings. The molecule has 0 spiro atoms. The Balaban J connectivity index is 0.00000192. The highest BCUT2D eigenvalue weighted by Crippen LogP contribution is 2.24. The first-order chi connectivity index (χ1) is 10.8. The Kier molecular flexibility index (Phi) is 7.09. The van der Waals surface area contributed by atoms with Crippen molar-refractivity contribution >= 4 is 29.7 Å². The number of thiophene rings is 1. The lowest BCUT2D eigenvalue weighted by Crippen LogP contribution is -2.40. The molecule has 1 amide bonds. The Morgan fingerprint density at radius 3 is 2.57 bits per heavy atom. The van der Waals surface area contributed by atoms with Gasteiger partial charge in [-0.25, -0.2) is 0 Å². The standard InChI is InChI=1S/C18H22N2OS.ClH/c21-18(15-8-10-19-11-9-15)20-16(17-7-4-12-22-17)13-14-5-2-1-3-6-14;/h1-7,12,15-16,19H,8-11,13H2,(H,20,21);1H. The Bertz CT molecular complexity index is 582. The van der Waals surface area contributed by atoms with Crippen molar-refractivity contribution in [2.45, 2.75) is 25.3 Å². The van der Waals surface area contributed by atoms with Gasteiger partial charge in [-0.1, -0.05) is 36.4 Å². The molecule has 0 aliphatic carbocycles. The maximum absolute atomic E-state index is 12.6. The van der Waals surface area contributed by atoms with Gasteiger partial charge in [0.1, 0.15) is 0 Å². The number of hydrogen-bond acceptors (Lipinski definition) is 3. The molecular weight excluding hydrogens is 328 g/mol. The first-order valence-corrected chi connectivity index (χ1v) is 8.79. The topological polar surface area (TPSA) is 41.1 Å². The van der Waals surface area contributed by atoms with Crippen LogP contribution in [-0.2, 0) is 11.2 Å². The average Bonchev–Trinajstić information content (AvgIpc) is 3.10. The second-order valence-electron chi connectivity index (χ2n) is 5.79. The van der Waals surface area contributed by atoms with Crippen molar-refractivity contribution in [3.05, 3.63) is 58.3 Å². The summed E-state index contributed by atoms with van der Waals surface area (Å²) in [4.78, 5) is 13.8. The van der Waals surface area contributed by atoms with Gasteiger partial charge >= 0.3 is 0 Å². The van der Waals surface area contributed by atoms with E-state index in [-0.39, 0.29) is 30.3 Å². The lowest BCUT2D eigenvalue weighted by molar-refractivity contribution is -0.126. The van der Waals surface area contributed by atoms with E-state index in [1.54, 1.807) is 11.3 Å². The van der Waals surface area contributed by atoms with Crippen molar-refractivity contribution in [1.82, 2.24) is 10.6 Å². The van der Waals surface area contributed by atoms with Crippen LogP contribution in [0.2, 0.25) is 0 Å². The predicted molar refractivity (Wildman–Crippen MR) is 98.2 cm³/mol. The van der Waals surface area contributed by atoms with Gasteiger partial charge in [-0.3, -0.25) is 4.79 Å². The van der Waals surface area contributed by atoms with Crippen LogP contribution >= 0.6 is 23.7 Å². The SMILES string of the molecule is Cl.O=C(NC(Cc1ccccc1)c1cccs1)C1CCNCC1. The van der Waals surface area contributed by atoms with E-state index in [0.717, 1.165) is 32.4 Å². The zero-order valence-corrected chi connectivity index (χ0v) is 14.7. The normalized spacial score (nSPS) is 16.3. The number of halogens is 1. The summed E-state index contributed by atoms with van der Waals surface area (Å²) in [7, 11) is 0. The van der Waals surface area contributed by atoms with Crippen LogP contribution in [0.25, 0.3) is 0 Å². The molecule has 1 aliphatic rings. The molecule has 23 heavy (non-hydrogen) atoms. The largest absolute Gasteiger partial charge is 0.348 e. The van der Waals surface area contributed by atoms with Gasteiger partial charge in [0, 0.05) is 10.8 Å². The quantitative estimate of drug-likeness (QED) is 0.865. The maximum atomic E-state index is 12.6. The fourth-order valence-corrected chi connectivity index (χ4v) is 3.71. The van der Waals surface area contributed by atoms with E-state index in [9.17, 15) is 4.79 Å². The van der Waals surface area contributed by atoms with Gasteiger partial charge in [0.25, 0.3) is 0 Å². The van der Waals surface area contributed by atoms with Crippen LogP contribution in [0.5, 0.6) is 0 Å². The second-order valence-corrected chi connectivity index (χ2v) is 6.77. The molecule has 3 nitrogen and oxygen atoms in total. The molecule has 1 aromatic heterocycles. The number of rotatable bonds is 5. The van der Waals surface area contributed by atoms with Crippen molar-refractivity contribution in [3.63, 3.8) is 0 Å². The average molecular weight is 351 g/mol. The second kappa shape index (κ2) is 9.06. The summed E-state index contributed by atoms with van der Waals surface area (Å²) in [6.45, 7) is 1.89.